The molecule has 1 saturated heterocycles. The maximum atomic E-state index is 15.1. The molecule has 2 heterocycles. The number of hydrogen-bond donors (Lipinski definition) is 2. The molecule has 218 valence electrons. The van der Waals surface area contributed by atoms with Gasteiger partial charge in [-0.15, -0.1) is 0 Å². The summed E-state index contributed by atoms with van der Waals surface area (Å²) in [4.78, 5) is 23.1. The van der Waals surface area contributed by atoms with E-state index in [4.69, 9.17) is 15.1 Å². The fraction of sp³-hybridized carbons (Fsp3) is 0.290. The molecule has 42 heavy (non-hydrogen) atoms. The number of esters is 1. The van der Waals surface area contributed by atoms with Gasteiger partial charge in [-0.2, -0.15) is 0 Å². The van der Waals surface area contributed by atoms with E-state index >= 15 is 4.39 Å². The first kappa shape index (κ1) is 29.9. The molecule has 0 aliphatic carbocycles. The topological polar surface area (TPSA) is 96.1 Å². The van der Waals surface area contributed by atoms with Crippen LogP contribution in [-0.4, -0.2) is 72.8 Å². The molecule has 3 aromatic rings. The Hall–Kier alpha value is -3.54. The maximum absolute atomic E-state index is 15.1. The number of benzodiazepines with no additional fused rings is 1. The second-order valence-electron chi connectivity index (χ2n) is 9.99. The highest BCUT2D eigenvalue weighted by Gasteiger charge is 2.33. The highest BCUT2D eigenvalue weighted by Crippen LogP contribution is 2.34. The number of carbonyl (C=O) groups excluding carboxylic acids is 1. The fourth-order valence-corrected chi connectivity index (χ4v) is 6.34. The molecule has 1 fully saturated rings. The number of hydrogen-bond acceptors (Lipinski definition) is 8. The van der Waals surface area contributed by atoms with E-state index in [2.05, 4.69) is 37.9 Å². The van der Waals surface area contributed by atoms with Crippen molar-refractivity contribution in [3.05, 3.63) is 94.2 Å². The Bertz CT molecular complexity index is 1500. The number of benzene rings is 3. The number of para-hydroxylation sites is 1. The van der Waals surface area contributed by atoms with Crippen LogP contribution in [-0.2, 0) is 9.53 Å². The lowest BCUT2D eigenvalue weighted by atomic mass is 10.00. The summed E-state index contributed by atoms with van der Waals surface area (Å²) in [6.45, 7) is 3.50. The molecule has 11 heteroatoms. The SMILES string of the molecule is COC(=O)CC[C@@H]1N=C(c2ccccc2F)c2cc(Br)ccc2N(C(=N)SCN2CCN(c3ccccc3)CC2)C1=N. The van der Waals surface area contributed by atoms with Gasteiger partial charge in [0.2, 0.25) is 0 Å². The van der Waals surface area contributed by atoms with Crippen LogP contribution in [0.5, 0.6) is 0 Å². The first-order valence-corrected chi connectivity index (χ1v) is 15.4. The van der Waals surface area contributed by atoms with Crippen molar-refractivity contribution in [1.29, 1.82) is 10.8 Å². The Kier molecular flexibility index (Phi) is 9.71. The Labute approximate surface area is 257 Å². The van der Waals surface area contributed by atoms with Crippen LogP contribution in [0.3, 0.4) is 0 Å². The molecule has 5 rings (SSSR count). The summed E-state index contributed by atoms with van der Waals surface area (Å²) in [7, 11) is 1.32. The number of nitrogens with zero attached hydrogens (tertiary/aromatic N) is 4. The van der Waals surface area contributed by atoms with Gasteiger partial charge < -0.3 is 9.64 Å². The fourth-order valence-electron chi connectivity index (χ4n) is 5.09. The quantitative estimate of drug-likeness (QED) is 0.185. The monoisotopic (exact) mass is 650 g/mol. The number of nitrogens with one attached hydrogen (secondary N) is 2. The van der Waals surface area contributed by atoms with E-state index in [1.165, 1.54) is 30.6 Å². The van der Waals surface area contributed by atoms with Crippen molar-refractivity contribution in [3.63, 3.8) is 0 Å². The zero-order chi connectivity index (χ0) is 29.6. The van der Waals surface area contributed by atoms with E-state index in [1.807, 2.05) is 36.4 Å². The summed E-state index contributed by atoms with van der Waals surface area (Å²) in [5.41, 5.74) is 3.05. The van der Waals surface area contributed by atoms with E-state index in [0.717, 1.165) is 30.7 Å². The van der Waals surface area contributed by atoms with Crippen molar-refractivity contribution in [2.75, 3.05) is 49.0 Å². The van der Waals surface area contributed by atoms with Crippen LogP contribution in [0.4, 0.5) is 15.8 Å². The Morgan fingerprint density at radius 2 is 1.76 bits per heavy atom. The minimum Gasteiger partial charge on any atom is -0.469 e. The van der Waals surface area contributed by atoms with Crippen molar-refractivity contribution in [2.24, 2.45) is 4.99 Å². The molecule has 0 radical (unpaired) electrons. The van der Waals surface area contributed by atoms with Crippen molar-refractivity contribution < 1.29 is 13.9 Å². The van der Waals surface area contributed by atoms with Crippen LogP contribution in [0.1, 0.15) is 24.0 Å². The summed E-state index contributed by atoms with van der Waals surface area (Å²) in [6, 6.07) is 21.5. The van der Waals surface area contributed by atoms with Crippen molar-refractivity contribution in [2.45, 2.75) is 18.9 Å². The molecule has 0 aromatic heterocycles. The molecule has 0 saturated carbocycles. The summed E-state index contributed by atoms with van der Waals surface area (Å²) >= 11 is 4.88. The van der Waals surface area contributed by atoms with Gasteiger partial charge in [0.1, 0.15) is 17.7 Å². The summed E-state index contributed by atoms with van der Waals surface area (Å²) in [5, 5.41) is 18.5. The maximum Gasteiger partial charge on any atom is 0.305 e. The molecule has 1 atom stereocenters. The number of halogens is 2. The molecule has 8 nitrogen and oxygen atoms in total. The normalized spacial score (nSPS) is 17.4. The highest BCUT2D eigenvalue weighted by molar-refractivity contribution is 9.10. The van der Waals surface area contributed by atoms with Gasteiger partial charge in [-0.3, -0.25) is 30.4 Å². The first-order chi connectivity index (χ1) is 20.4. The van der Waals surface area contributed by atoms with Crippen LogP contribution in [0.25, 0.3) is 0 Å². The number of thioether (sulfide) groups is 1. The van der Waals surface area contributed by atoms with Gasteiger partial charge >= 0.3 is 5.97 Å². The predicted octanol–water partition coefficient (Wildman–Crippen LogP) is 5.99. The average Bonchev–Trinajstić information content (AvgIpc) is 3.13. The summed E-state index contributed by atoms with van der Waals surface area (Å²) in [6.07, 6.45) is 0.228. The van der Waals surface area contributed by atoms with Gasteiger partial charge in [0.15, 0.2) is 5.17 Å². The molecule has 0 bridgehead atoms. The minimum atomic E-state index is -0.791. The first-order valence-electron chi connectivity index (χ1n) is 13.7. The van der Waals surface area contributed by atoms with Crippen LogP contribution in [0, 0.1) is 16.6 Å². The van der Waals surface area contributed by atoms with Crippen LogP contribution in [0.15, 0.2) is 82.3 Å². The number of amidine groups is 2. The van der Waals surface area contributed by atoms with Crippen LogP contribution < -0.4 is 9.80 Å². The number of anilines is 2. The standard InChI is InChI=1S/C31H32BrFN6O2S/c1-41-28(40)14-12-26-30(34)39(31(35)42-20-37-15-17-38(18-16-37)22-7-3-2-4-8-22)27-13-11-21(32)19-24(27)29(36-26)23-9-5-6-10-25(23)33/h2-11,13,19,26,34-35H,12,14-18,20H2,1H3/t26-/m0/s1. The lowest BCUT2D eigenvalue weighted by Gasteiger charge is -2.36. The second-order valence-corrected chi connectivity index (χ2v) is 11.8. The lowest BCUT2D eigenvalue weighted by Crippen LogP contribution is -2.47. The average molecular weight is 652 g/mol. The number of methoxy groups -OCH3 is 1. The number of aliphatic imine (C=N–C) groups is 1. The van der Waals surface area contributed by atoms with Crippen molar-refractivity contribution >= 4 is 61.8 Å². The molecule has 0 unspecified atom stereocenters. The Balaban J connectivity index is 1.40. The molecule has 0 amide bonds. The van der Waals surface area contributed by atoms with Gasteiger partial charge in [0, 0.05) is 53.9 Å². The van der Waals surface area contributed by atoms with E-state index in [9.17, 15) is 10.2 Å². The predicted molar refractivity (Wildman–Crippen MR) is 172 cm³/mol. The minimum absolute atomic E-state index is 0.0393. The molecule has 2 aliphatic heterocycles. The van der Waals surface area contributed by atoms with E-state index in [1.54, 1.807) is 23.1 Å². The number of ether oxygens (including phenoxy) is 1. The van der Waals surface area contributed by atoms with Gasteiger partial charge in [0.05, 0.1) is 24.4 Å². The third kappa shape index (κ3) is 6.74. The van der Waals surface area contributed by atoms with Crippen molar-refractivity contribution in [1.82, 2.24) is 4.90 Å². The smallest absolute Gasteiger partial charge is 0.305 e. The molecular formula is C31H32BrFN6O2S. The highest BCUT2D eigenvalue weighted by atomic mass is 79.9. The molecule has 0 spiro atoms. The molecule has 2 aliphatic rings. The second kappa shape index (κ2) is 13.6. The van der Waals surface area contributed by atoms with E-state index in [0.29, 0.717) is 28.4 Å². The summed E-state index contributed by atoms with van der Waals surface area (Å²) in [5.74, 6) is -0.209. The van der Waals surface area contributed by atoms with Gasteiger partial charge in [0.25, 0.3) is 0 Å². The third-order valence-corrected chi connectivity index (χ3v) is 8.80. The van der Waals surface area contributed by atoms with E-state index < -0.39 is 17.8 Å². The zero-order valence-corrected chi connectivity index (χ0v) is 25.6. The lowest BCUT2D eigenvalue weighted by molar-refractivity contribution is -0.140. The number of carbonyl (C=O) groups is 1. The Morgan fingerprint density at radius 3 is 2.48 bits per heavy atom. The molecule has 3 aromatic carbocycles. The van der Waals surface area contributed by atoms with Crippen LogP contribution in [0.2, 0.25) is 0 Å². The molecule has 2 N–H and O–H groups in total. The van der Waals surface area contributed by atoms with Gasteiger partial charge in [-0.25, -0.2) is 4.39 Å². The third-order valence-electron chi connectivity index (χ3n) is 7.36. The largest absolute Gasteiger partial charge is 0.469 e. The number of fused-ring (bicyclic) bond motifs is 1. The summed E-state index contributed by atoms with van der Waals surface area (Å²) < 4.78 is 20.7. The van der Waals surface area contributed by atoms with E-state index in [-0.39, 0.29) is 23.8 Å². The number of piperazine rings is 1. The number of rotatable bonds is 7. The van der Waals surface area contributed by atoms with Crippen LogP contribution >= 0.6 is 27.7 Å². The Morgan fingerprint density at radius 1 is 1.05 bits per heavy atom. The van der Waals surface area contributed by atoms with Crippen molar-refractivity contribution in [3.8, 4) is 0 Å². The zero-order valence-electron chi connectivity index (χ0n) is 23.2. The van der Waals surface area contributed by atoms with Gasteiger partial charge in [-0.1, -0.05) is 58.0 Å². The molecular weight excluding hydrogens is 619 g/mol. The van der Waals surface area contributed by atoms with Gasteiger partial charge in [-0.05, 0) is 48.9 Å².